The van der Waals surface area contributed by atoms with Crippen molar-refractivity contribution in [2.45, 2.75) is 126 Å². The molecular weight excluding hydrogens is 646 g/mol. The SMILES string of the molecule is CCCCCCC(CC)C(=O)C(C)(C)CC(CC(=O)C(C)(C)CC(CC(=O)NCCNCCN)C(=O)CNCCCC)C(=O)NCCNCCN. The summed E-state index contributed by atoms with van der Waals surface area (Å²) < 4.78 is 0. The van der Waals surface area contributed by atoms with Crippen molar-refractivity contribution in [3.8, 4) is 0 Å². The zero-order valence-electron chi connectivity index (χ0n) is 33.5. The summed E-state index contributed by atoms with van der Waals surface area (Å²) >= 11 is 0. The van der Waals surface area contributed by atoms with Gasteiger partial charge in [-0.2, -0.15) is 0 Å². The van der Waals surface area contributed by atoms with Gasteiger partial charge >= 0.3 is 0 Å². The van der Waals surface area contributed by atoms with E-state index < -0.39 is 22.7 Å². The Labute approximate surface area is 310 Å². The highest BCUT2D eigenvalue weighted by molar-refractivity contribution is 5.93. The molecule has 3 unspecified atom stereocenters. The quantitative estimate of drug-likeness (QED) is 0.0484. The molecule has 0 aliphatic carbocycles. The molecular formula is C39H77N7O5. The van der Waals surface area contributed by atoms with Crippen molar-refractivity contribution in [2.75, 3.05) is 65.4 Å². The summed E-state index contributed by atoms with van der Waals surface area (Å²) in [6.07, 6.45) is 8.19. The molecule has 0 spiro atoms. The lowest BCUT2D eigenvalue weighted by atomic mass is 9.70. The summed E-state index contributed by atoms with van der Waals surface area (Å²) in [6.45, 7) is 18.6. The van der Waals surface area contributed by atoms with Crippen LogP contribution < -0.4 is 38.1 Å². The molecule has 0 aromatic carbocycles. The number of nitrogens with one attached hydrogen (secondary N) is 5. The van der Waals surface area contributed by atoms with Gasteiger partial charge in [-0.05, 0) is 38.6 Å². The van der Waals surface area contributed by atoms with Gasteiger partial charge < -0.3 is 38.1 Å². The van der Waals surface area contributed by atoms with Gasteiger partial charge in [0.25, 0.3) is 0 Å². The Kier molecular flexibility index (Phi) is 27.0. The molecule has 0 heterocycles. The van der Waals surface area contributed by atoms with Crippen LogP contribution >= 0.6 is 0 Å². The highest BCUT2D eigenvalue weighted by Crippen LogP contribution is 2.37. The first-order chi connectivity index (χ1) is 24.2. The number of hydrogen-bond acceptors (Lipinski definition) is 10. The highest BCUT2D eigenvalue weighted by atomic mass is 16.2. The minimum Gasteiger partial charge on any atom is -0.355 e. The molecule has 0 saturated carbocycles. The molecule has 0 radical (unpaired) electrons. The van der Waals surface area contributed by atoms with Crippen LogP contribution in [0.1, 0.15) is 126 Å². The number of amides is 2. The van der Waals surface area contributed by atoms with Gasteiger partial charge in [0.1, 0.15) is 17.3 Å². The van der Waals surface area contributed by atoms with Crippen molar-refractivity contribution in [3.05, 3.63) is 0 Å². The molecule has 12 heteroatoms. The van der Waals surface area contributed by atoms with Crippen LogP contribution in [0.5, 0.6) is 0 Å². The standard InChI is InChI=1S/C39H77N7O5/c1-8-11-13-14-15-30(10-3)36(50)39(6,7)28-32(37(51)46-24-22-43-20-17-41)25-34(48)38(4,5)27-31(33(47)29-44-18-12-9-2)26-35(49)45-23-21-42-19-16-40/h30-32,42-44H,8-29,40-41H2,1-7H3,(H,45,49)(H,46,51). The maximum atomic E-state index is 14.1. The first-order valence-electron chi connectivity index (χ1n) is 19.9. The Balaban J connectivity index is 6.02. The largest absolute Gasteiger partial charge is 0.355 e. The second kappa shape index (κ2) is 28.3. The van der Waals surface area contributed by atoms with Crippen molar-refractivity contribution >= 4 is 29.2 Å². The lowest BCUT2D eigenvalue weighted by Gasteiger charge is -2.33. The fourth-order valence-electron chi connectivity index (χ4n) is 6.51. The summed E-state index contributed by atoms with van der Waals surface area (Å²) in [5.41, 5.74) is 9.29. The van der Waals surface area contributed by atoms with Crippen LogP contribution in [-0.4, -0.2) is 94.6 Å². The van der Waals surface area contributed by atoms with E-state index in [0.29, 0.717) is 58.9 Å². The smallest absolute Gasteiger partial charge is 0.223 e. The number of nitrogens with two attached hydrogens (primary N) is 2. The van der Waals surface area contributed by atoms with E-state index in [0.717, 1.165) is 51.4 Å². The third kappa shape index (κ3) is 21.8. The predicted molar refractivity (Wildman–Crippen MR) is 208 cm³/mol. The second-order valence-electron chi connectivity index (χ2n) is 15.4. The van der Waals surface area contributed by atoms with Gasteiger partial charge in [-0.25, -0.2) is 0 Å². The number of ketones is 3. The lowest BCUT2D eigenvalue weighted by Crippen LogP contribution is -2.43. The number of rotatable bonds is 34. The maximum absolute atomic E-state index is 14.1. The van der Waals surface area contributed by atoms with Gasteiger partial charge in [0, 0.05) is 93.8 Å². The molecule has 9 N–H and O–H groups in total. The van der Waals surface area contributed by atoms with Gasteiger partial charge in [-0.15, -0.1) is 0 Å². The van der Waals surface area contributed by atoms with Gasteiger partial charge in [0.15, 0.2) is 0 Å². The van der Waals surface area contributed by atoms with E-state index in [-0.39, 0.29) is 67.3 Å². The topological polar surface area (TPSA) is 198 Å². The summed E-state index contributed by atoms with van der Waals surface area (Å²) in [6, 6.07) is 0. The van der Waals surface area contributed by atoms with Crippen LogP contribution in [0.25, 0.3) is 0 Å². The Morgan fingerprint density at radius 1 is 0.588 bits per heavy atom. The van der Waals surface area contributed by atoms with E-state index in [1.807, 2.05) is 20.8 Å². The van der Waals surface area contributed by atoms with E-state index in [1.165, 1.54) is 0 Å². The van der Waals surface area contributed by atoms with Crippen LogP contribution in [-0.2, 0) is 24.0 Å². The molecule has 298 valence electrons. The van der Waals surface area contributed by atoms with Gasteiger partial charge in [0.2, 0.25) is 11.8 Å². The highest BCUT2D eigenvalue weighted by Gasteiger charge is 2.40. The number of carbonyl (C=O) groups is 5. The molecule has 0 bridgehead atoms. The average molecular weight is 724 g/mol. The van der Waals surface area contributed by atoms with Crippen LogP contribution in [0.4, 0.5) is 0 Å². The van der Waals surface area contributed by atoms with Crippen LogP contribution in [0.2, 0.25) is 0 Å². The van der Waals surface area contributed by atoms with E-state index in [1.54, 1.807) is 13.8 Å². The van der Waals surface area contributed by atoms with Crippen molar-refractivity contribution < 1.29 is 24.0 Å². The van der Waals surface area contributed by atoms with E-state index in [4.69, 9.17) is 11.5 Å². The summed E-state index contributed by atoms with van der Waals surface area (Å²) in [7, 11) is 0. The van der Waals surface area contributed by atoms with E-state index in [9.17, 15) is 24.0 Å². The van der Waals surface area contributed by atoms with Crippen LogP contribution in [0.15, 0.2) is 0 Å². The van der Waals surface area contributed by atoms with Gasteiger partial charge in [-0.3, -0.25) is 24.0 Å². The summed E-state index contributed by atoms with van der Waals surface area (Å²) in [5.74, 6) is -2.14. The molecule has 51 heavy (non-hydrogen) atoms. The zero-order chi connectivity index (χ0) is 38.7. The Bertz CT molecular complexity index is 1000. The number of hydrogen-bond donors (Lipinski definition) is 7. The molecule has 0 aliphatic heterocycles. The molecule has 12 nitrogen and oxygen atoms in total. The van der Waals surface area contributed by atoms with Crippen LogP contribution in [0.3, 0.4) is 0 Å². The molecule has 2 amide bonds. The zero-order valence-corrected chi connectivity index (χ0v) is 33.5. The van der Waals surface area contributed by atoms with Crippen molar-refractivity contribution in [2.24, 2.45) is 40.1 Å². The van der Waals surface area contributed by atoms with E-state index >= 15 is 0 Å². The van der Waals surface area contributed by atoms with Crippen molar-refractivity contribution in [1.82, 2.24) is 26.6 Å². The fraction of sp³-hybridized carbons (Fsp3) is 0.872. The molecule has 0 aliphatic rings. The first kappa shape index (κ1) is 48.8. The second-order valence-corrected chi connectivity index (χ2v) is 15.4. The molecule has 0 aromatic heterocycles. The summed E-state index contributed by atoms with van der Waals surface area (Å²) in [4.78, 5) is 68.1. The number of Topliss-reactive ketones (excluding diaryl/α,β-unsaturated/α-hetero) is 3. The fourth-order valence-corrected chi connectivity index (χ4v) is 6.51. The van der Waals surface area contributed by atoms with Gasteiger partial charge in [0.05, 0.1) is 6.54 Å². The molecule has 0 aromatic rings. The van der Waals surface area contributed by atoms with Gasteiger partial charge in [-0.1, -0.05) is 80.6 Å². The minimum absolute atomic E-state index is 0.0280. The number of carbonyl (C=O) groups excluding carboxylic acids is 5. The predicted octanol–water partition coefficient (Wildman–Crippen LogP) is 3.25. The minimum atomic E-state index is -0.993. The normalized spacial score (nSPS) is 13.7. The Morgan fingerprint density at radius 2 is 1.18 bits per heavy atom. The third-order valence-corrected chi connectivity index (χ3v) is 9.77. The number of unbranched alkanes of at least 4 members (excludes halogenated alkanes) is 4. The molecule has 0 fully saturated rings. The molecule has 0 rings (SSSR count). The monoisotopic (exact) mass is 724 g/mol. The Hall–Kier alpha value is -2.25. The summed E-state index contributed by atoms with van der Waals surface area (Å²) in [5, 5.41) is 15.3. The molecule has 0 saturated heterocycles. The molecule has 3 atom stereocenters. The van der Waals surface area contributed by atoms with E-state index in [2.05, 4.69) is 40.4 Å². The third-order valence-electron chi connectivity index (χ3n) is 9.77. The van der Waals surface area contributed by atoms with Crippen molar-refractivity contribution in [3.63, 3.8) is 0 Å². The Morgan fingerprint density at radius 3 is 1.75 bits per heavy atom. The maximum Gasteiger partial charge on any atom is 0.223 e. The first-order valence-corrected chi connectivity index (χ1v) is 19.9. The van der Waals surface area contributed by atoms with Crippen molar-refractivity contribution in [1.29, 1.82) is 0 Å². The lowest BCUT2D eigenvalue weighted by molar-refractivity contribution is -0.139. The average Bonchev–Trinajstić information content (AvgIpc) is 3.08. The van der Waals surface area contributed by atoms with Crippen LogP contribution in [0, 0.1) is 28.6 Å².